The molecule has 33 heavy (non-hydrogen) atoms. The number of aromatic nitrogens is 3. The minimum absolute atomic E-state index is 0.304. The van der Waals surface area contributed by atoms with E-state index in [2.05, 4.69) is 23.2 Å². The first-order chi connectivity index (χ1) is 14.9. The van der Waals surface area contributed by atoms with E-state index in [0.717, 1.165) is 13.1 Å². The predicted octanol–water partition coefficient (Wildman–Crippen LogP) is -0.881. The van der Waals surface area contributed by atoms with Gasteiger partial charge in [0.25, 0.3) is 0 Å². The summed E-state index contributed by atoms with van der Waals surface area (Å²) in [5.41, 5.74) is 0.910. The molecule has 2 rings (SSSR count). The fourth-order valence-electron chi connectivity index (χ4n) is 2.61. The number of phosphoric acid groups is 3. The molecule has 0 saturated carbocycles. The van der Waals surface area contributed by atoms with Crippen molar-refractivity contribution in [2.75, 3.05) is 5.73 Å². The highest BCUT2D eigenvalue weighted by Crippen LogP contribution is 2.66. The molecule has 7 N–H and O–H groups in total. The second-order valence-corrected chi connectivity index (χ2v) is 10.8. The fourth-order valence-corrected chi connectivity index (χ4v) is 5.95. The monoisotopic (exact) mass is 558 g/mol. The van der Waals surface area contributed by atoms with Crippen LogP contribution in [0.5, 0.6) is 0 Å². The van der Waals surface area contributed by atoms with Gasteiger partial charge in [-0.1, -0.05) is 0 Å². The van der Waals surface area contributed by atoms with Crippen molar-refractivity contribution in [1.82, 2.24) is 14.8 Å². The lowest BCUT2D eigenvalue weighted by Crippen LogP contribution is -2.46. The van der Waals surface area contributed by atoms with Crippen molar-refractivity contribution >= 4 is 40.9 Å². The molecule has 1 aliphatic heterocycles. The van der Waals surface area contributed by atoms with Crippen molar-refractivity contribution in [3.8, 4) is 11.3 Å². The number of hydrogen-bond donors (Lipinski definition) is 6. The molecule has 1 fully saturated rings. The number of nitrogens with zero attached hydrogens (tertiary/aromatic N) is 3. The zero-order chi connectivity index (χ0) is 25.4. The standard InChI is InChI=1S/C11H15ClFN4O13P3/c1-5(28-32(23,24)30-33(25,26)29-31(20,21)22)7-8(18)11(13,2-3-12)9(27-7)17-10(19)16-6(14)4-15-17/h4-5,7-9,18H,1H3,(H,23,24)(H,25,26)(H2,14,16,19)(H2,20,21,22)/t5-,7-,8+,9-,11?/m1/s1. The van der Waals surface area contributed by atoms with E-state index in [0.29, 0.717) is 4.68 Å². The average molecular weight is 559 g/mol. The van der Waals surface area contributed by atoms with Crippen LogP contribution in [0.15, 0.2) is 11.0 Å². The van der Waals surface area contributed by atoms with Crippen molar-refractivity contribution < 1.29 is 60.6 Å². The zero-order valence-corrected chi connectivity index (χ0v) is 19.3. The number of alkyl halides is 1. The van der Waals surface area contributed by atoms with Crippen LogP contribution in [0.3, 0.4) is 0 Å². The SMILES string of the molecule is C[C@@H](OP(=O)(O)OP(=O)(O)OP(=O)(O)O)[C@H]1O[C@@H](n2ncc(N)nc2=O)C(F)(C#CCl)[C@H]1O. The number of anilines is 1. The lowest BCUT2D eigenvalue weighted by atomic mass is 9.95. The molecule has 0 bridgehead atoms. The van der Waals surface area contributed by atoms with Crippen LogP contribution in [0.1, 0.15) is 13.2 Å². The summed E-state index contributed by atoms with van der Waals surface area (Å²) in [5, 5.41) is 15.6. The Morgan fingerprint density at radius 2 is 1.91 bits per heavy atom. The van der Waals surface area contributed by atoms with Gasteiger partial charge in [0.2, 0.25) is 11.9 Å². The highest BCUT2D eigenvalue weighted by atomic mass is 35.5. The Labute approximate surface area is 187 Å². The van der Waals surface area contributed by atoms with E-state index in [4.69, 9.17) is 31.9 Å². The van der Waals surface area contributed by atoms with E-state index < -0.39 is 59.4 Å². The number of aliphatic hydroxyl groups excluding tert-OH is 1. The quantitative estimate of drug-likeness (QED) is 0.167. The Morgan fingerprint density at radius 1 is 1.30 bits per heavy atom. The molecule has 7 atom stereocenters. The summed E-state index contributed by atoms with van der Waals surface area (Å²) in [6, 6.07) is 0. The summed E-state index contributed by atoms with van der Waals surface area (Å²) in [6.45, 7) is 0.903. The molecule has 0 radical (unpaired) electrons. The zero-order valence-electron chi connectivity index (χ0n) is 15.9. The highest BCUT2D eigenvalue weighted by Gasteiger charge is 2.61. The van der Waals surface area contributed by atoms with E-state index in [1.54, 1.807) is 11.3 Å². The maximum absolute atomic E-state index is 15.5. The second kappa shape index (κ2) is 9.76. The first-order valence-corrected chi connectivity index (χ1v) is 13.0. The molecule has 186 valence electrons. The Bertz CT molecular complexity index is 1170. The Kier molecular flexibility index (Phi) is 8.27. The molecular weight excluding hydrogens is 544 g/mol. The van der Waals surface area contributed by atoms with Crippen LogP contribution in [-0.4, -0.2) is 63.4 Å². The van der Waals surface area contributed by atoms with Gasteiger partial charge in [-0.15, -0.1) is 0 Å². The number of phosphoric ester groups is 1. The van der Waals surface area contributed by atoms with Gasteiger partial charge in [-0.2, -0.15) is 23.4 Å². The molecule has 0 aliphatic carbocycles. The van der Waals surface area contributed by atoms with Crippen LogP contribution < -0.4 is 11.4 Å². The summed E-state index contributed by atoms with van der Waals surface area (Å²) in [4.78, 5) is 51.2. The van der Waals surface area contributed by atoms with Gasteiger partial charge in [-0.05, 0) is 24.4 Å². The van der Waals surface area contributed by atoms with Gasteiger partial charge >= 0.3 is 29.2 Å². The van der Waals surface area contributed by atoms with E-state index in [1.807, 2.05) is 0 Å². The molecule has 3 unspecified atom stereocenters. The Balaban J connectivity index is 2.31. The lowest BCUT2D eigenvalue weighted by Gasteiger charge is -2.25. The van der Waals surface area contributed by atoms with Gasteiger partial charge in [-0.3, -0.25) is 4.52 Å². The van der Waals surface area contributed by atoms with Gasteiger partial charge < -0.3 is 35.2 Å². The molecule has 1 aliphatic rings. The van der Waals surface area contributed by atoms with Crippen LogP contribution in [0, 0.1) is 11.3 Å². The van der Waals surface area contributed by atoms with E-state index in [1.165, 1.54) is 0 Å². The number of rotatable bonds is 8. The smallest absolute Gasteiger partial charge is 0.386 e. The molecule has 2 heterocycles. The second-order valence-electron chi connectivity index (χ2n) is 6.20. The summed E-state index contributed by atoms with van der Waals surface area (Å²) < 4.78 is 66.7. The third-order valence-electron chi connectivity index (χ3n) is 3.76. The van der Waals surface area contributed by atoms with Crippen LogP contribution in [-0.2, 0) is 31.6 Å². The topological polar surface area (TPSA) is 263 Å². The maximum atomic E-state index is 15.5. The number of halogens is 2. The molecule has 17 nitrogen and oxygen atoms in total. The summed E-state index contributed by atoms with van der Waals surface area (Å²) in [6.07, 6.45) is -7.40. The summed E-state index contributed by atoms with van der Waals surface area (Å²) in [5.74, 6) is 1.45. The predicted molar refractivity (Wildman–Crippen MR) is 103 cm³/mol. The van der Waals surface area contributed by atoms with Gasteiger partial charge in [0.1, 0.15) is 18.0 Å². The third-order valence-corrected chi connectivity index (χ3v) is 7.78. The molecule has 22 heteroatoms. The van der Waals surface area contributed by atoms with E-state index >= 15 is 4.39 Å². The van der Waals surface area contributed by atoms with Crippen LogP contribution >= 0.6 is 35.1 Å². The van der Waals surface area contributed by atoms with Crippen molar-refractivity contribution in [3.63, 3.8) is 0 Å². The number of nitrogens with two attached hydrogens (primary N) is 1. The number of aliphatic hydroxyl groups is 1. The van der Waals surface area contributed by atoms with Crippen molar-refractivity contribution in [2.45, 2.75) is 37.1 Å². The molecule has 1 aromatic heterocycles. The third kappa shape index (κ3) is 6.87. The van der Waals surface area contributed by atoms with Crippen molar-refractivity contribution in [3.05, 3.63) is 16.7 Å². The largest absolute Gasteiger partial charge is 0.490 e. The minimum Gasteiger partial charge on any atom is -0.386 e. The molecule has 0 aromatic carbocycles. The van der Waals surface area contributed by atoms with E-state index in [-0.39, 0.29) is 5.82 Å². The van der Waals surface area contributed by atoms with E-state index in [9.17, 15) is 33.4 Å². The summed E-state index contributed by atoms with van der Waals surface area (Å²) in [7, 11) is -17.1. The molecule has 1 aromatic rings. The number of nitrogen functional groups attached to an aromatic ring is 1. The van der Waals surface area contributed by atoms with Gasteiger partial charge in [0, 0.05) is 5.38 Å². The highest BCUT2D eigenvalue weighted by molar-refractivity contribution is 7.66. The first kappa shape index (κ1) is 28.0. The average Bonchev–Trinajstić information content (AvgIpc) is 2.83. The molecule has 0 amide bonds. The van der Waals surface area contributed by atoms with Crippen LogP contribution in [0.2, 0.25) is 0 Å². The minimum atomic E-state index is -5.84. The molecule has 1 saturated heterocycles. The maximum Gasteiger partial charge on any atom is 0.490 e. The van der Waals surface area contributed by atoms with Crippen molar-refractivity contribution in [2.24, 2.45) is 0 Å². The Morgan fingerprint density at radius 3 is 2.42 bits per heavy atom. The Hall–Kier alpha value is -1.28. The van der Waals surface area contributed by atoms with Gasteiger partial charge in [0.15, 0.2) is 0 Å². The van der Waals surface area contributed by atoms with Crippen molar-refractivity contribution in [1.29, 1.82) is 0 Å². The van der Waals surface area contributed by atoms with Gasteiger partial charge in [0.05, 0.1) is 12.3 Å². The van der Waals surface area contributed by atoms with Gasteiger partial charge in [-0.25, -0.2) is 22.9 Å². The lowest BCUT2D eigenvalue weighted by molar-refractivity contribution is -0.0827. The fraction of sp³-hybridized carbons (Fsp3) is 0.545. The molecular formula is C11H15ClFN4O13P3. The van der Waals surface area contributed by atoms with Crippen LogP contribution in [0.4, 0.5) is 10.2 Å². The number of hydrogen-bond acceptors (Lipinski definition) is 12. The van der Waals surface area contributed by atoms with Crippen LogP contribution in [0.25, 0.3) is 0 Å². The molecule has 0 spiro atoms. The first-order valence-electron chi connectivity index (χ1n) is 8.09. The normalized spacial score (nSPS) is 30.0. The summed E-state index contributed by atoms with van der Waals surface area (Å²) >= 11 is 5.23. The number of ether oxygens (including phenoxy) is 1.